The molecule has 20 heavy (non-hydrogen) atoms. The minimum absolute atomic E-state index is 0.0252. The highest BCUT2D eigenvalue weighted by Gasteiger charge is 2.42. The summed E-state index contributed by atoms with van der Waals surface area (Å²) in [4.78, 5) is 36.2. The van der Waals surface area contributed by atoms with Gasteiger partial charge in [-0.25, -0.2) is 4.79 Å². The van der Waals surface area contributed by atoms with Gasteiger partial charge in [-0.2, -0.15) is 0 Å². The van der Waals surface area contributed by atoms with Crippen LogP contribution in [0, 0.1) is 11.8 Å². The lowest BCUT2D eigenvalue weighted by Gasteiger charge is -2.30. The van der Waals surface area contributed by atoms with E-state index in [0.29, 0.717) is 6.42 Å². The van der Waals surface area contributed by atoms with Crippen molar-refractivity contribution in [2.24, 2.45) is 11.8 Å². The van der Waals surface area contributed by atoms with Crippen LogP contribution in [0.25, 0.3) is 0 Å². The first-order valence-corrected chi connectivity index (χ1v) is 6.72. The van der Waals surface area contributed by atoms with Gasteiger partial charge in [0.05, 0.1) is 12.5 Å². The van der Waals surface area contributed by atoms with Crippen molar-refractivity contribution in [3.05, 3.63) is 0 Å². The van der Waals surface area contributed by atoms with Gasteiger partial charge in [0, 0.05) is 13.0 Å². The number of aliphatic carboxylic acids is 1. The van der Waals surface area contributed by atoms with Crippen LogP contribution in [-0.2, 0) is 19.1 Å². The fourth-order valence-corrected chi connectivity index (χ4v) is 2.29. The fourth-order valence-electron chi connectivity index (χ4n) is 2.29. The van der Waals surface area contributed by atoms with Crippen LogP contribution in [0.1, 0.15) is 26.7 Å². The normalized spacial score (nSPS) is 21.6. The summed E-state index contributed by atoms with van der Waals surface area (Å²) in [6, 6.07) is -0.789. The van der Waals surface area contributed by atoms with E-state index in [0.717, 1.165) is 0 Å². The number of carboxylic acids is 1. The Morgan fingerprint density at radius 2 is 2.15 bits per heavy atom. The van der Waals surface area contributed by atoms with E-state index in [1.807, 2.05) is 13.8 Å². The zero-order valence-corrected chi connectivity index (χ0v) is 11.7. The maximum absolute atomic E-state index is 12.0. The van der Waals surface area contributed by atoms with E-state index in [9.17, 15) is 14.4 Å². The third-order valence-corrected chi connectivity index (χ3v) is 3.60. The predicted octanol–water partition coefficient (Wildman–Crippen LogP) is -0.130. The molecule has 1 aliphatic rings. The molecule has 1 saturated heterocycles. The molecule has 0 bridgehead atoms. The number of carbonyl (C=O) groups excluding carboxylic acids is 2. The summed E-state index contributed by atoms with van der Waals surface area (Å²) in [5.41, 5.74) is 0. The SMILES string of the molecule is CCC(C)C(C(=O)OCCO)N1CC(C(=O)O)CC1=O. The van der Waals surface area contributed by atoms with Gasteiger partial charge in [-0.3, -0.25) is 9.59 Å². The number of hydrogen-bond acceptors (Lipinski definition) is 5. The monoisotopic (exact) mass is 287 g/mol. The first kappa shape index (κ1) is 16.4. The van der Waals surface area contributed by atoms with Crippen molar-refractivity contribution >= 4 is 17.8 Å². The Kier molecular flexibility index (Phi) is 5.94. The number of hydrogen-bond donors (Lipinski definition) is 2. The van der Waals surface area contributed by atoms with Gasteiger partial charge in [0.2, 0.25) is 5.91 Å². The molecule has 0 radical (unpaired) electrons. The summed E-state index contributed by atoms with van der Waals surface area (Å²) >= 11 is 0. The second kappa shape index (κ2) is 7.23. The van der Waals surface area contributed by atoms with Crippen molar-refractivity contribution in [1.82, 2.24) is 4.90 Å². The molecule has 0 saturated carbocycles. The van der Waals surface area contributed by atoms with Crippen LogP contribution in [0.3, 0.4) is 0 Å². The van der Waals surface area contributed by atoms with Gasteiger partial charge in [-0.15, -0.1) is 0 Å². The quantitative estimate of drug-likeness (QED) is 0.632. The van der Waals surface area contributed by atoms with Gasteiger partial charge < -0.3 is 19.8 Å². The summed E-state index contributed by atoms with van der Waals surface area (Å²) in [5.74, 6) is -2.89. The van der Waals surface area contributed by atoms with Crippen LogP contribution in [0.2, 0.25) is 0 Å². The van der Waals surface area contributed by atoms with E-state index >= 15 is 0 Å². The Morgan fingerprint density at radius 1 is 1.50 bits per heavy atom. The van der Waals surface area contributed by atoms with Gasteiger partial charge in [-0.1, -0.05) is 20.3 Å². The van der Waals surface area contributed by atoms with E-state index < -0.39 is 23.9 Å². The Balaban J connectivity index is 2.85. The predicted molar refractivity (Wildman–Crippen MR) is 68.7 cm³/mol. The van der Waals surface area contributed by atoms with Crippen molar-refractivity contribution in [2.75, 3.05) is 19.8 Å². The number of nitrogens with zero attached hydrogens (tertiary/aromatic N) is 1. The summed E-state index contributed by atoms with van der Waals surface area (Å²) in [5, 5.41) is 17.7. The highest BCUT2D eigenvalue weighted by Crippen LogP contribution is 2.25. The Labute approximate surface area is 117 Å². The Morgan fingerprint density at radius 3 is 2.60 bits per heavy atom. The van der Waals surface area contributed by atoms with Crippen LogP contribution >= 0.6 is 0 Å². The fraction of sp³-hybridized carbons (Fsp3) is 0.769. The first-order valence-electron chi connectivity index (χ1n) is 6.72. The molecule has 0 aliphatic carbocycles. The zero-order valence-electron chi connectivity index (χ0n) is 11.7. The minimum atomic E-state index is -1.03. The molecule has 1 aliphatic heterocycles. The molecule has 2 N–H and O–H groups in total. The average Bonchev–Trinajstić information content (AvgIpc) is 2.78. The van der Waals surface area contributed by atoms with Crippen molar-refractivity contribution < 1.29 is 29.3 Å². The van der Waals surface area contributed by atoms with Crippen LogP contribution in [-0.4, -0.2) is 58.8 Å². The summed E-state index contributed by atoms with van der Waals surface area (Å²) in [6.45, 7) is 3.30. The van der Waals surface area contributed by atoms with Crippen LogP contribution < -0.4 is 0 Å². The van der Waals surface area contributed by atoms with Gasteiger partial charge in [0.1, 0.15) is 12.6 Å². The zero-order chi connectivity index (χ0) is 15.3. The second-order valence-corrected chi connectivity index (χ2v) is 5.01. The molecule has 0 aromatic heterocycles. The molecule has 1 amide bonds. The van der Waals surface area contributed by atoms with Gasteiger partial charge in [0.15, 0.2) is 0 Å². The summed E-state index contributed by atoms with van der Waals surface area (Å²) in [7, 11) is 0. The van der Waals surface area contributed by atoms with Crippen molar-refractivity contribution in [2.45, 2.75) is 32.7 Å². The van der Waals surface area contributed by atoms with Crippen molar-refractivity contribution in [3.8, 4) is 0 Å². The molecule has 7 nitrogen and oxygen atoms in total. The Hall–Kier alpha value is -1.63. The van der Waals surface area contributed by atoms with Crippen LogP contribution in [0.4, 0.5) is 0 Å². The largest absolute Gasteiger partial charge is 0.481 e. The van der Waals surface area contributed by atoms with E-state index in [-0.39, 0.29) is 38.0 Å². The van der Waals surface area contributed by atoms with Crippen LogP contribution in [0.5, 0.6) is 0 Å². The molecular weight excluding hydrogens is 266 g/mol. The lowest BCUT2D eigenvalue weighted by molar-refractivity contribution is -0.157. The molecule has 3 atom stereocenters. The number of likely N-dealkylation sites (tertiary alicyclic amines) is 1. The van der Waals surface area contributed by atoms with Gasteiger partial charge >= 0.3 is 11.9 Å². The van der Waals surface area contributed by atoms with Gasteiger partial charge in [0.25, 0.3) is 0 Å². The number of aliphatic hydroxyl groups excluding tert-OH is 1. The molecule has 0 aromatic carbocycles. The molecule has 114 valence electrons. The third-order valence-electron chi connectivity index (χ3n) is 3.60. The lowest BCUT2D eigenvalue weighted by atomic mass is 9.98. The average molecular weight is 287 g/mol. The summed E-state index contributed by atoms with van der Waals surface area (Å²) in [6.07, 6.45) is 0.565. The third kappa shape index (κ3) is 3.69. The van der Waals surface area contributed by atoms with E-state index in [4.69, 9.17) is 14.9 Å². The van der Waals surface area contributed by atoms with Crippen molar-refractivity contribution in [1.29, 1.82) is 0 Å². The maximum Gasteiger partial charge on any atom is 0.329 e. The number of aliphatic hydroxyl groups is 1. The van der Waals surface area contributed by atoms with E-state index in [1.165, 1.54) is 4.90 Å². The highest BCUT2D eigenvalue weighted by atomic mass is 16.5. The molecule has 1 heterocycles. The van der Waals surface area contributed by atoms with E-state index in [1.54, 1.807) is 0 Å². The van der Waals surface area contributed by atoms with Crippen LogP contribution in [0.15, 0.2) is 0 Å². The number of amides is 1. The molecular formula is C13H21NO6. The maximum atomic E-state index is 12.0. The lowest BCUT2D eigenvalue weighted by Crippen LogP contribution is -2.47. The molecule has 1 fully saturated rings. The van der Waals surface area contributed by atoms with E-state index in [2.05, 4.69) is 0 Å². The summed E-state index contributed by atoms with van der Waals surface area (Å²) < 4.78 is 4.90. The molecule has 0 aromatic rings. The number of rotatable bonds is 7. The highest BCUT2D eigenvalue weighted by molar-refractivity contribution is 5.90. The number of esters is 1. The number of ether oxygens (including phenoxy) is 1. The number of carboxylic acid groups (broad SMARTS) is 1. The smallest absolute Gasteiger partial charge is 0.329 e. The molecule has 3 unspecified atom stereocenters. The topological polar surface area (TPSA) is 104 Å². The Bertz CT molecular complexity index is 383. The molecule has 0 spiro atoms. The van der Waals surface area contributed by atoms with Gasteiger partial charge in [-0.05, 0) is 5.92 Å². The number of carbonyl (C=O) groups is 3. The second-order valence-electron chi connectivity index (χ2n) is 5.01. The first-order chi connectivity index (χ1) is 9.42. The minimum Gasteiger partial charge on any atom is -0.481 e. The molecule has 7 heteroatoms. The van der Waals surface area contributed by atoms with Crippen molar-refractivity contribution in [3.63, 3.8) is 0 Å². The standard InChI is InChI=1S/C13H21NO6/c1-3-8(2)11(13(19)20-5-4-15)14-7-9(12(17)18)6-10(14)16/h8-9,11,15H,3-7H2,1-2H3,(H,17,18). The molecule has 1 rings (SSSR count).